The number of para-hydroxylation sites is 1. The number of benzene rings is 3. The Morgan fingerprint density at radius 3 is 2.04 bits per heavy atom. The highest BCUT2D eigenvalue weighted by Gasteiger charge is 2.30. The van der Waals surface area contributed by atoms with Crippen molar-refractivity contribution >= 4 is 116 Å². The Balaban J connectivity index is 1.53. The molecule has 3 aromatic carbocycles. The number of carbonyl (C=O) groups excluding carboxylic acids is 4. The van der Waals surface area contributed by atoms with Crippen molar-refractivity contribution < 1.29 is 33.8 Å². The van der Waals surface area contributed by atoms with Crippen molar-refractivity contribution in [3.8, 4) is 0 Å². The van der Waals surface area contributed by atoms with Crippen molar-refractivity contribution in [2.45, 2.75) is 30.9 Å². The molecule has 0 spiro atoms. The first-order valence-corrected chi connectivity index (χ1v) is 17.1. The number of anilines is 3. The van der Waals surface area contributed by atoms with Gasteiger partial charge in [-0.2, -0.15) is 0 Å². The van der Waals surface area contributed by atoms with Crippen LogP contribution >= 0.6 is 69.5 Å². The molecule has 0 aliphatic rings. The van der Waals surface area contributed by atoms with E-state index in [0.29, 0.717) is 16.1 Å². The smallest absolute Gasteiger partial charge is 0.341 e. The highest BCUT2D eigenvalue weighted by molar-refractivity contribution is 8.00. The lowest BCUT2D eigenvalue weighted by atomic mass is 10.1. The molecule has 0 radical (unpaired) electrons. The van der Waals surface area contributed by atoms with Crippen molar-refractivity contribution in [2.75, 3.05) is 22.6 Å². The maximum absolute atomic E-state index is 13.4. The second-order valence-electron chi connectivity index (χ2n) is 9.84. The van der Waals surface area contributed by atoms with Gasteiger partial charge in [0, 0.05) is 16.3 Å². The fourth-order valence-electron chi connectivity index (χ4n) is 4.33. The number of ether oxygens (including phenoxy) is 1. The normalized spacial score (nSPS) is 11.4. The monoisotopic (exact) mass is 767 g/mol. The van der Waals surface area contributed by atoms with E-state index in [1.165, 1.54) is 0 Å². The Morgan fingerprint density at radius 1 is 0.812 bits per heavy atom. The van der Waals surface area contributed by atoms with Crippen LogP contribution in [0.2, 0.25) is 20.1 Å². The van der Waals surface area contributed by atoms with Crippen LogP contribution in [0, 0.1) is 6.92 Å². The van der Waals surface area contributed by atoms with Gasteiger partial charge in [-0.3, -0.25) is 14.4 Å². The second-order valence-corrected chi connectivity index (χ2v) is 13.8. The van der Waals surface area contributed by atoms with E-state index in [-0.39, 0.29) is 42.8 Å². The summed E-state index contributed by atoms with van der Waals surface area (Å²) in [5, 5.41) is 15.8. The number of thiophene rings is 1. The van der Waals surface area contributed by atoms with Crippen LogP contribution in [-0.2, 0) is 9.53 Å². The van der Waals surface area contributed by atoms with Crippen molar-refractivity contribution in [1.29, 1.82) is 0 Å². The molecule has 4 rings (SSSR count). The molecule has 16 heteroatoms. The summed E-state index contributed by atoms with van der Waals surface area (Å²) >= 11 is 26.4. The first-order valence-electron chi connectivity index (χ1n) is 13.9. The van der Waals surface area contributed by atoms with Gasteiger partial charge >= 0.3 is 11.9 Å². The topological polar surface area (TPSA) is 151 Å². The summed E-state index contributed by atoms with van der Waals surface area (Å²) in [6.45, 7) is 4.98. The zero-order valence-electron chi connectivity index (χ0n) is 25.2. The molecular formula is C32H25Cl4N3O7S2. The summed E-state index contributed by atoms with van der Waals surface area (Å²) in [6, 6.07) is 15.2. The molecule has 0 aliphatic heterocycles. The number of hydrogen-bond donors (Lipinski definition) is 4. The van der Waals surface area contributed by atoms with Gasteiger partial charge in [-0.05, 0) is 56.7 Å². The van der Waals surface area contributed by atoms with E-state index >= 15 is 0 Å². The number of thioether (sulfide) groups is 1. The van der Waals surface area contributed by atoms with Gasteiger partial charge in [-0.15, -0.1) is 23.1 Å². The van der Waals surface area contributed by atoms with Crippen LogP contribution < -0.4 is 16.0 Å². The SMILES string of the molecule is CCOC(=O)c1c(NC(=O)C(C)Sc2cccc(NC(=O)c3c(Cl)c(Cl)c(Cl)c(Cl)c3C(=O)O)c2)sc(C(=O)Nc2ccccc2)c1C. The fourth-order valence-corrected chi connectivity index (χ4v) is 7.37. The Morgan fingerprint density at radius 2 is 1.42 bits per heavy atom. The van der Waals surface area contributed by atoms with Crippen LogP contribution in [0.15, 0.2) is 59.5 Å². The standard InChI is InChI=1S/C32H25Cl4N3O7S2/c1-4-46-32(45)19-14(2)26(29(42)37-16-9-6-5-7-10-16)48-30(19)39-27(40)15(3)47-18-12-8-11-17(13-18)38-28(41)20-21(31(43)44)23(34)25(36)24(35)22(20)33/h5-13,15H,4H2,1-3H3,(H,37,42)(H,38,41)(H,39,40)(H,43,44). The molecule has 1 heterocycles. The van der Waals surface area contributed by atoms with Gasteiger partial charge in [0.1, 0.15) is 5.00 Å². The Bertz CT molecular complexity index is 1940. The lowest BCUT2D eigenvalue weighted by Crippen LogP contribution is -2.23. The molecule has 48 heavy (non-hydrogen) atoms. The van der Waals surface area contributed by atoms with Gasteiger partial charge < -0.3 is 25.8 Å². The number of hydrogen-bond acceptors (Lipinski definition) is 8. The average molecular weight is 770 g/mol. The van der Waals surface area contributed by atoms with Crippen LogP contribution in [0.4, 0.5) is 16.4 Å². The molecule has 250 valence electrons. The number of nitrogens with one attached hydrogen (secondary N) is 3. The van der Waals surface area contributed by atoms with Crippen LogP contribution in [-0.4, -0.2) is 46.6 Å². The van der Waals surface area contributed by atoms with Gasteiger partial charge in [-0.25, -0.2) is 9.59 Å². The molecule has 1 unspecified atom stereocenters. The lowest BCUT2D eigenvalue weighted by Gasteiger charge is -2.15. The number of halogens is 4. The number of carbonyl (C=O) groups is 5. The molecule has 3 amide bonds. The highest BCUT2D eigenvalue weighted by atomic mass is 35.5. The zero-order chi connectivity index (χ0) is 35.3. The molecule has 0 bridgehead atoms. The summed E-state index contributed by atoms with van der Waals surface area (Å²) in [6.07, 6.45) is 0. The van der Waals surface area contributed by atoms with Crippen LogP contribution in [0.1, 0.15) is 60.2 Å². The van der Waals surface area contributed by atoms with E-state index in [9.17, 15) is 29.1 Å². The van der Waals surface area contributed by atoms with Gasteiger partial charge in [0.15, 0.2) is 0 Å². The molecule has 0 saturated heterocycles. The maximum atomic E-state index is 13.4. The minimum atomic E-state index is -1.54. The summed E-state index contributed by atoms with van der Waals surface area (Å²) in [7, 11) is 0. The molecule has 0 saturated carbocycles. The highest BCUT2D eigenvalue weighted by Crippen LogP contribution is 2.42. The molecule has 1 atom stereocenters. The number of aromatic carboxylic acids is 1. The molecule has 4 N–H and O–H groups in total. The van der Waals surface area contributed by atoms with Gasteiger partial charge in [0.25, 0.3) is 11.8 Å². The summed E-state index contributed by atoms with van der Waals surface area (Å²) in [5.41, 5.74) is 0.163. The zero-order valence-corrected chi connectivity index (χ0v) is 29.9. The number of carboxylic acid groups (broad SMARTS) is 1. The van der Waals surface area contributed by atoms with Gasteiger partial charge in [0.2, 0.25) is 5.91 Å². The van der Waals surface area contributed by atoms with E-state index in [0.717, 1.165) is 23.1 Å². The van der Waals surface area contributed by atoms with E-state index < -0.39 is 51.1 Å². The Kier molecular flexibility index (Phi) is 12.4. The molecule has 1 aromatic heterocycles. The third-order valence-corrected chi connectivity index (χ3v) is 10.7. The minimum Gasteiger partial charge on any atom is -0.478 e. The third kappa shape index (κ3) is 8.25. The van der Waals surface area contributed by atoms with E-state index in [4.69, 9.17) is 51.1 Å². The van der Waals surface area contributed by atoms with Gasteiger partial charge in [0.05, 0.1) is 53.5 Å². The first kappa shape index (κ1) is 37.0. The van der Waals surface area contributed by atoms with E-state index in [1.807, 2.05) is 6.07 Å². The van der Waals surface area contributed by atoms with Crippen molar-refractivity contribution in [1.82, 2.24) is 0 Å². The second kappa shape index (κ2) is 16.1. The predicted octanol–water partition coefficient (Wildman–Crippen LogP) is 9.17. The third-order valence-electron chi connectivity index (χ3n) is 6.58. The molecule has 0 aliphatic carbocycles. The minimum absolute atomic E-state index is 0.0807. The largest absolute Gasteiger partial charge is 0.478 e. The summed E-state index contributed by atoms with van der Waals surface area (Å²) in [4.78, 5) is 65.2. The maximum Gasteiger partial charge on any atom is 0.341 e. The first-order chi connectivity index (χ1) is 22.7. The van der Waals surface area contributed by atoms with E-state index in [1.54, 1.807) is 69.3 Å². The molecule has 10 nitrogen and oxygen atoms in total. The van der Waals surface area contributed by atoms with E-state index in [2.05, 4.69) is 16.0 Å². The average Bonchev–Trinajstić information content (AvgIpc) is 3.37. The molecule has 4 aromatic rings. The van der Waals surface area contributed by atoms with Crippen LogP contribution in [0.3, 0.4) is 0 Å². The lowest BCUT2D eigenvalue weighted by molar-refractivity contribution is -0.115. The molecule has 0 fully saturated rings. The quantitative estimate of drug-likeness (QED) is 0.0511. The Hall–Kier alpha value is -3.78. The number of rotatable bonds is 11. The fraction of sp³-hybridized carbons (Fsp3) is 0.156. The van der Waals surface area contributed by atoms with Crippen LogP contribution in [0.25, 0.3) is 0 Å². The van der Waals surface area contributed by atoms with Crippen molar-refractivity contribution in [3.05, 3.63) is 102 Å². The number of esters is 1. The van der Waals surface area contributed by atoms with Crippen molar-refractivity contribution in [3.63, 3.8) is 0 Å². The van der Waals surface area contributed by atoms with Crippen molar-refractivity contribution in [2.24, 2.45) is 0 Å². The summed E-state index contributed by atoms with van der Waals surface area (Å²) < 4.78 is 5.20. The number of carboxylic acids is 1. The van der Waals surface area contributed by atoms with Crippen LogP contribution in [0.5, 0.6) is 0 Å². The number of amides is 3. The predicted molar refractivity (Wildman–Crippen MR) is 191 cm³/mol. The Labute approximate surface area is 303 Å². The van der Waals surface area contributed by atoms with Gasteiger partial charge in [-0.1, -0.05) is 70.7 Å². The molecular weight excluding hydrogens is 744 g/mol. The summed E-state index contributed by atoms with van der Waals surface area (Å²) in [5.74, 6) is -4.04.